The first-order valence-electron chi connectivity index (χ1n) is 1.57. The first-order chi connectivity index (χ1) is 4.00. The normalized spacial score (nSPS) is 5.90. The maximum atomic E-state index is 8.88. The molecule has 0 aromatic rings. The number of phosphoric acid groups is 2. The first kappa shape index (κ1) is 105. The van der Waals surface area contributed by atoms with Gasteiger partial charge in [-0.05, 0) is 0 Å². The number of rotatable bonds is 0. The second-order valence-corrected chi connectivity index (χ2v) is 3.08. The van der Waals surface area contributed by atoms with Crippen LogP contribution in [0.15, 0.2) is 0 Å². The summed E-state index contributed by atoms with van der Waals surface area (Å²) in [6.45, 7) is 0. The van der Waals surface area contributed by atoms with Crippen molar-refractivity contribution >= 4 is 45.2 Å². The second-order valence-electron chi connectivity index (χ2n) is 1.03. The molecule has 0 fully saturated rings. The van der Waals surface area contributed by atoms with Gasteiger partial charge in [-0.1, -0.05) is 0 Å². The van der Waals surface area contributed by atoms with Crippen molar-refractivity contribution in [3.8, 4) is 0 Å². The summed E-state index contributed by atoms with van der Waals surface area (Å²) in [7, 11) is -9.28. The van der Waals surface area contributed by atoms with E-state index in [4.69, 9.17) is 38.5 Å². The van der Waals surface area contributed by atoms with Gasteiger partial charge in [-0.25, -0.2) is 9.13 Å². The molecule has 138 valence electrons. The summed E-state index contributed by atoms with van der Waals surface area (Å²) in [5.74, 6) is 0. The molecule has 0 saturated carbocycles. The third-order valence-corrected chi connectivity index (χ3v) is 0. The molecule has 0 aliphatic carbocycles. The molecule has 0 unspecified atom stereocenters. The summed E-state index contributed by atoms with van der Waals surface area (Å²) < 4.78 is 17.8. The molecule has 24 N–H and O–H groups in total. The van der Waals surface area contributed by atoms with E-state index in [-0.39, 0.29) is 78.8 Å². The number of hydrogen-bond acceptors (Lipinski definition) is 2. The van der Waals surface area contributed by atoms with Crippen molar-refractivity contribution in [3.05, 3.63) is 0 Å². The van der Waals surface area contributed by atoms with Crippen molar-refractivity contribution < 1.29 is 87.8 Å². The SMILES string of the molecule is O.O.O.O.O.O.O.O.O.O=P(O)(O)O.O=P(O)(O)O.[NaH]. The van der Waals surface area contributed by atoms with Gasteiger partial charge in [-0.3, -0.25) is 0 Å². The van der Waals surface area contributed by atoms with Crippen LogP contribution in [0.1, 0.15) is 0 Å². The summed E-state index contributed by atoms with van der Waals surface area (Å²) in [5, 5.41) is 0. The molecule has 20 heteroatoms. The fraction of sp³-hybridized carbons (Fsp3) is 0. The molecule has 0 atom stereocenters. The summed E-state index contributed by atoms with van der Waals surface area (Å²) in [5.41, 5.74) is 0. The minimum absolute atomic E-state index is 0. The molecule has 0 aliphatic rings. The zero-order valence-corrected chi connectivity index (χ0v) is 10.7. The monoisotopic (exact) mass is 382 g/mol. The Labute approximate surface area is 133 Å². The third-order valence-electron chi connectivity index (χ3n) is 0. The van der Waals surface area contributed by atoms with E-state index in [2.05, 4.69) is 0 Å². The van der Waals surface area contributed by atoms with Crippen molar-refractivity contribution in [3.63, 3.8) is 0 Å². The fourth-order valence-corrected chi connectivity index (χ4v) is 0. The predicted octanol–water partition coefficient (Wildman–Crippen LogP) is -9.93. The van der Waals surface area contributed by atoms with E-state index in [1.165, 1.54) is 0 Å². The summed E-state index contributed by atoms with van der Waals surface area (Å²) in [6, 6.07) is 0. The van der Waals surface area contributed by atoms with Crippen LogP contribution in [-0.2, 0) is 9.13 Å². The van der Waals surface area contributed by atoms with E-state index in [9.17, 15) is 0 Å². The van der Waals surface area contributed by atoms with Gasteiger partial charge in [0.05, 0.1) is 0 Å². The molecular formula is H25NaO17P2. The van der Waals surface area contributed by atoms with E-state index < -0.39 is 15.6 Å². The van der Waals surface area contributed by atoms with Gasteiger partial charge in [0.2, 0.25) is 0 Å². The Morgan fingerprint density at radius 1 is 0.400 bits per heavy atom. The van der Waals surface area contributed by atoms with Crippen molar-refractivity contribution in [2.75, 3.05) is 0 Å². The molecule has 0 saturated heterocycles. The molecule has 0 spiro atoms. The van der Waals surface area contributed by atoms with Gasteiger partial charge in [0, 0.05) is 0 Å². The third kappa shape index (κ3) is 8130. The molecule has 0 bridgehead atoms. The van der Waals surface area contributed by atoms with Crippen molar-refractivity contribution in [1.29, 1.82) is 0 Å². The molecule has 0 rings (SSSR count). The van der Waals surface area contributed by atoms with Crippen LogP contribution in [0.2, 0.25) is 0 Å². The van der Waals surface area contributed by atoms with E-state index in [1.54, 1.807) is 0 Å². The van der Waals surface area contributed by atoms with Gasteiger partial charge < -0.3 is 78.6 Å². The van der Waals surface area contributed by atoms with Gasteiger partial charge in [0.1, 0.15) is 0 Å². The minimum atomic E-state index is -4.64. The Morgan fingerprint density at radius 3 is 0.400 bits per heavy atom. The van der Waals surface area contributed by atoms with Crippen molar-refractivity contribution in [2.24, 2.45) is 0 Å². The van der Waals surface area contributed by atoms with Crippen LogP contribution >= 0.6 is 15.6 Å². The Bertz CT molecular complexity index is 127. The van der Waals surface area contributed by atoms with Crippen LogP contribution in [0.4, 0.5) is 0 Å². The summed E-state index contributed by atoms with van der Waals surface area (Å²) in [4.78, 5) is 43.1. The van der Waals surface area contributed by atoms with E-state index in [0.29, 0.717) is 0 Å². The topological polar surface area (TPSA) is 439 Å². The molecule has 0 aromatic carbocycles. The molecule has 17 nitrogen and oxygen atoms in total. The fourth-order valence-electron chi connectivity index (χ4n) is 0. The molecule has 0 aromatic heterocycles. The molecule has 0 heterocycles. The summed E-state index contributed by atoms with van der Waals surface area (Å²) in [6.07, 6.45) is 0. The van der Waals surface area contributed by atoms with Crippen LogP contribution in [-0.4, -0.2) is 108 Å². The molecular weight excluding hydrogens is 357 g/mol. The zero-order valence-electron chi connectivity index (χ0n) is 8.89. The Kier molecular flexibility index (Phi) is 224. The van der Waals surface area contributed by atoms with E-state index >= 15 is 0 Å². The zero-order chi connectivity index (χ0) is 9.00. The quantitative estimate of drug-likeness (QED) is 0.172. The van der Waals surface area contributed by atoms with Crippen molar-refractivity contribution in [2.45, 2.75) is 0 Å². The maximum absolute atomic E-state index is 8.88. The van der Waals surface area contributed by atoms with Gasteiger partial charge in [-0.2, -0.15) is 0 Å². The van der Waals surface area contributed by atoms with E-state index in [1.807, 2.05) is 0 Å². The molecule has 20 heavy (non-hydrogen) atoms. The van der Waals surface area contributed by atoms with Gasteiger partial charge >= 0.3 is 45.2 Å². The molecule has 0 amide bonds. The van der Waals surface area contributed by atoms with Crippen LogP contribution in [0, 0.1) is 0 Å². The Hall–Kier alpha value is 0.860. The Morgan fingerprint density at radius 2 is 0.400 bits per heavy atom. The first-order valence-corrected chi connectivity index (χ1v) is 4.70. The van der Waals surface area contributed by atoms with Crippen molar-refractivity contribution in [1.82, 2.24) is 0 Å². The van der Waals surface area contributed by atoms with Crippen LogP contribution in [0.3, 0.4) is 0 Å². The summed E-state index contributed by atoms with van der Waals surface area (Å²) >= 11 is 0. The standard InChI is InChI=1S/Na.2H3O4P.9H2O.H/c;2*1-5(2,3)4;;;;;;;;;;/h;2*(H3,1,2,3,4);9*1H2;. The number of hydrogen-bond donors (Lipinski definition) is 6. The van der Waals surface area contributed by atoms with Crippen LogP contribution in [0.25, 0.3) is 0 Å². The van der Waals surface area contributed by atoms with Gasteiger partial charge in [0.15, 0.2) is 0 Å². The average Bonchev–Trinajstić information content (AvgIpc) is 1.12. The average molecular weight is 382 g/mol. The molecule has 0 aliphatic heterocycles. The Balaban J connectivity index is -0.00000000427. The van der Waals surface area contributed by atoms with Crippen LogP contribution in [0.5, 0.6) is 0 Å². The van der Waals surface area contributed by atoms with E-state index in [0.717, 1.165) is 0 Å². The molecule has 0 radical (unpaired) electrons. The second kappa shape index (κ2) is 42.7. The predicted molar refractivity (Wildman–Crippen MR) is 68.2 cm³/mol. The van der Waals surface area contributed by atoms with Crippen LogP contribution < -0.4 is 0 Å². The van der Waals surface area contributed by atoms with Gasteiger partial charge in [-0.15, -0.1) is 0 Å². The van der Waals surface area contributed by atoms with Gasteiger partial charge in [0.25, 0.3) is 0 Å².